The minimum Gasteiger partial charge on any atom is -0.381 e. The Morgan fingerprint density at radius 3 is 2.29 bits per heavy atom. The molecular formula is C17H23NO3. The maximum Gasteiger partial charge on any atom is 0.192 e. The van der Waals surface area contributed by atoms with E-state index >= 15 is 0 Å². The number of hydrogen-bond donors (Lipinski definition) is 1. The quantitative estimate of drug-likeness (QED) is 0.927. The molecule has 0 bridgehead atoms. The van der Waals surface area contributed by atoms with E-state index in [9.17, 15) is 5.11 Å². The minimum absolute atomic E-state index is 0.585. The summed E-state index contributed by atoms with van der Waals surface area (Å²) in [6, 6.07) is 7.88. The van der Waals surface area contributed by atoms with E-state index in [-0.39, 0.29) is 0 Å². The molecule has 1 aliphatic heterocycles. The van der Waals surface area contributed by atoms with Gasteiger partial charge < -0.3 is 19.5 Å². The monoisotopic (exact) mass is 289 g/mol. The summed E-state index contributed by atoms with van der Waals surface area (Å²) in [6.07, 6.45) is 3.52. The van der Waals surface area contributed by atoms with Gasteiger partial charge in [-0.15, -0.1) is 0 Å². The number of hydrogen-bond acceptors (Lipinski definition) is 4. The molecule has 21 heavy (non-hydrogen) atoms. The number of ether oxygens (including phenoxy) is 2. The number of rotatable bonds is 3. The third kappa shape index (κ3) is 2.48. The highest BCUT2D eigenvalue weighted by Crippen LogP contribution is 2.43. The van der Waals surface area contributed by atoms with Gasteiger partial charge in [0.15, 0.2) is 5.79 Å². The fraction of sp³-hybridized carbons (Fsp3) is 0.529. The molecular weight excluding hydrogens is 266 g/mol. The summed E-state index contributed by atoms with van der Waals surface area (Å²) in [5.74, 6) is -0.763. The van der Waals surface area contributed by atoms with Crippen molar-refractivity contribution in [1.82, 2.24) is 4.90 Å². The largest absolute Gasteiger partial charge is 0.381 e. The fourth-order valence-electron chi connectivity index (χ4n) is 3.23. The molecule has 0 radical (unpaired) electrons. The second kappa shape index (κ2) is 5.13. The van der Waals surface area contributed by atoms with Crippen molar-refractivity contribution < 1.29 is 14.6 Å². The molecule has 0 spiro atoms. The van der Waals surface area contributed by atoms with E-state index in [1.165, 1.54) is 0 Å². The third-order valence-corrected chi connectivity index (χ3v) is 4.46. The molecule has 1 heterocycles. The molecule has 1 saturated heterocycles. The van der Waals surface area contributed by atoms with Crippen LogP contribution < -0.4 is 0 Å². The van der Waals surface area contributed by atoms with Crippen molar-refractivity contribution in [1.29, 1.82) is 0 Å². The van der Waals surface area contributed by atoms with E-state index in [0.717, 1.165) is 23.2 Å². The van der Waals surface area contributed by atoms with Crippen molar-refractivity contribution in [2.24, 2.45) is 0 Å². The number of aliphatic hydroxyl groups is 1. The molecule has 0 saturated carbocycles. The molecule has 1 fully saturated rings. The summed E-state index contributed by atoms with van der Waals surface area (Å²) in [7, 11) is 4.02. The SMILES string of the molecule is CN(C)C1=CC(O)(c2ccccc2C2(C)OCCO2)CC1. The zero-order chi connectivity index (χ0) is 15.1. The van der Waals surface area contributed by atoms with Gasteiger partial charge >= 0.3 is 0 Å². The molecule has 1 atom stereocenters. The Hall–Kier alpha value is -1.36. The van der Waals surface area contributed by atoms with Crippen molar-refractivity contribution in [3.8, 4) is 0 Å². The zero-order valence-electron chi connectivity index (χ0n) is 12.9. The van der Waals surface area contributed by atoms with Crippen molar-refractivity contribution in [2.75, 3.05) is 27.3 Å². The smallest absolute Gasteiger partial charge is 0.192 e. The van der Waals surface area contributed by atoms with Crippen molar-refractivity contribution in [3.05, 3.63) is 47.2 Å². The Morgan fingerprint density at radius 1 is 1.10 bits per heavy atom. The lowest BCUT2D eigenvalue weighted by atomic mass is 9.86. The number of nitrogens with zero attached hydrogens (tertiary/aromatic N) is 1. The lowest BCUT2D eigenvalue weighted by Crippen LogP contribution is -2.30. The van der Waals surface area contributed by atoms with Gasteiger partial charge in [-0.3, -0.25) is 0 Å². The molecule has 1 N–H and O–H groups in total. The summed E-state index contributed by atoms with van der Waals surface area (Å²) in [5.41, 5.74) is 2.01. The number of allylic oxidation sites excluding steroid dienone is 1. The first-order valence-corrected chi connectivity index (χ1v) is 7.44. The van der Waals surface area contributed by atoms with E-state index in [1.807, 2.05) is 51.4 Å². The normalized spacial score (nSPS) is 27.7. The van der Waals surface area contributed by atoms with Crippen LogP contribution in [0.25, 0.3) is 0 Å². The summed E-state index contributed by atoms with van der Waals surface area (Å²) in [4.78, 5) is 2.06. The lowest BCUT2D eigenvalue weighted by molar-refractivity contribution is -0.151. The van der Waals surface area contributed by atoms with Crippen LogP contribution in [0.15, 0.2) is 36.0 Å². The predicted octanol–water partition coefficient (Wildman–Crippen LogP) is 2.33. The van der Waals surface area contributed by atoms with Crippen LogP contribution in [0.5, 0.6) is 0 Å². The standard InChI is InChI=1S/C17H23NO3/c1-16(20-10-11-21-16)14-6-4-5-7-15(14)17(19)9-8-13(12-17)18(2)3/h4-7,12,19H,8-11H2,1-3H3. The van der Waals surface area contributed by atoms with Crippen LogP contribution in [-0.4, -0.2) is 37.3 Å². The molecule has 1 unspecified atom stereocenters. The highest BCUT2D eigenvalue weighted by atomic mass is 16.7. The average Bonchev–Trinajstić information content (AvgIpc) is 3.07. The van der Waals surface area contributed by atoms with Gasteiger partial charge in [-0.05, 0) is 31.4 Å². The van der Waals surface area contributed by atoms with Crippen LogP contribution in [0.4, 0.5) is 0 Å². The van der Waals surface area contributed by atoms with E-state index in [4.69, 9.17) is 9.47 Å². The topological polar surface area (TPSA) is 41.9 Å². The van der Waals surface area contributed by atoms with Gasteiger partial charge in [0, 0.05) is 25.4 Å². The summed E-state index contributed by atoms with van der Waals surface area (Å²) in [5, 5.41) is 11.1. The minimum atomic E-state index is -0.950. The van der Waals surface area contributed by atoms with Gasteiger partial charge in [-0.2, -0.15) is 0 Å². The molecule has 1 aromatic rings. The van der Waals surface area contributed by atoms with Crippen LogP contribution in [0.3, 0.4) is 0 Å². The second-order valence-electron chi connectivity index (χ2n) is 6.14. The fourth-order valence-corrected chi connectivity index (χ4v) is 3.23. The molecule has 0 aromatic heterocycles. The van der Waals surface area contributed by atoms with Gasteiger partial charge in [-0.25, -0.2) is 0 Å². The van der Waals surface area contributed by atoms with Crippen molar-refractivity contribution in [2.45, 2.75) is 31.2 Å². The maximum absolute atomic E-state index is 11.1. The van der Waals surface area contributed by atoms with Gasteiger partial charge in [0.1, 0.15) is 5.60 Å². The van der Waals surface area contributed by atoms with Gasteiger partial charge in [0.2, 0.25) is 0 Å². The first-order valence-electron chi connectivity index (χ1n) is 7.44. The molecule has 2 aliphatic rings. The van der Waals surface area contributed by atoms with Crippen molar-refractivity contribution >= 4 is 0 Å². The van der Waals surface area contributed by atoms with Crippen LogP contribution >= 0.6 is 0 Å². The molecule has 1 aromatic carbocycles. The van der Waals surface area contributed by atoms with Crippen LogP contribution in [0.1, 0.15) is 30.9 Å². The Labute approximate surface area is 126 Å². The highest BCUT2D eigenvalue weighted by Gasteiger charge is 2.41. The first-order chi connectivity index (χ1) is 9.95. The Bertz CT molecular complexity index is 561. The van der Waals surface area contributed by atoms with Gasteiger partial charge in [0.25, 0.3) is 0 Å². The Kier molecular flexibility index (Phi) is 3.56. The maximum atomic E-state index is 11.1. The molecule has 4 nitrogen and oxygen atoms in total. The van der Waals surface area contributed by atoms with Gasteiger partial charge in [-0.1, -0.05) is 24.3 Å². The lowest BCUT2D eigenvalue weighted by Gasteiger charge is -2.31. The average molecular weight is 289 g/mol. The summed E-state index contributed by atoms with van der Waals surface area (Å²) < 4.78 is 11.6. The van der Waals surface area contributed by atoms with Crippen LogP contribution in [0, 0.1) is 0 Å². The van der Waals surface area contributed by atoms with Crippen LogP contribution in [0.2, 0.25) is 0 Å². The second-order valence-corrected chi connectivity index (χ2v) is 6.14. The Morgan fingerprint density at radius 2 is 1.71 bits per heavy atom. The summed E-state index contributed by atoms with van der Waals surface area (Å²) in [6.45, 7) is 3.10. The van der Waals surface area contributed by atoms with Crippen LogP contribution in [-0.2, 0) is 20.9 Å². The Balaban J connectivity index is 2.04. The molecule has 3 rings (SSSR count). The summed E-state index contributed by atoms with van der Waals surface area (Å²) >= 11 is 0. The molecule has 0 amide bonds. The van der Waals surface area contributed by atoms with E-state index in [2.05, 4.69) is 4.90 Å². The van der Waals surface area contributed by atoms with E-state index in [0.29, 0.717) is 19.6 Å². The highest BCUT2D eigenvalue weighted by molar-refractivity contribution is 5.41. The predicted molar refractivity (Wildman–Crippen MR) is 80.6 cm³/mol. The molecule has 4 heteroatoms. The molecule has 114 valence electrons. The molecule has 1 aliphatic carbocycles. The van der Waals surface area contributed by atoms with E-state index in [1.54, 1.807) is 0 Å². The third-order valence-electron chi connectivity index (χ3n) is 4.46. The zero-order valence-corrected chi connectivity index (χ0v) is 12.9. The first kappa shape index (κ1) is 14.6. The van der Waals surface area contributed by atoms with E-state index < -0.39 is 11.4 Å². The van der Waals surface area contributed by atoms with Crippen molar-refractivity contribution in [3.63, 3.8) is 0 Å². The van der Waals surface area contributed by atoms with Gasteiger partial charge in [0.05, 0.1) is 13.2 Å². The number of benzene rings is 1.